The fourth-order valence-electron chi connectivity index (χ4n) is 2.91. The highest BCUT2D eigenvalue weighted by Gasteiger charge is 2.18. The van der Waals surface area contributed by atoms with Crippen LogP contribution < -0.4 is 11.1 Å². The zero-order chi connectivity index (χ0) is 15.2. The molecule has 1 fully saturated rings. The molecule has 1 aromatic rings. The van der Waals surface area contributed by atoms with Gasteiger partial charge in [0.15, 0.2) is 0 Å². The van der Waals surface area contributed by atoms with Crippen molar-refractivity contribution >= 4 is 5.91 Å². The molecular weight excluding hydrogens is 264 g/mol. The Morgan fingerprint density at radius 1 is 1.24 bits per heavy atom. The SMILES string of the molecule is Cc1cccc(C)c1C(=O)NCCOC1CCC(N)CC1. The zero-order valence-corrected chi connectivity index (χ0v) is 13.0. The molecule has 116 valence electrons. The van der Waals surface area contributed by atoms with Gasteiger partial charge in [0.25, 0.3) is 5.91 Å². The molecule has 0 radical (unpaired) electrons. The Bertz CT molecular complexity index is 459. The Morgan fingerprint density at radius 3 is 2.48 bits per heavy atom. The van der Waals surface area contributed by atoms with E-state index in [0.29, 0.717) is 25.3 Å². The van der Waals surface area contributed by atoms with Crippen molar-refractivity contribution in [1.29, 1.82) is 0 Å². The maximum Gasteiger partial charge on any atom is 0.251 e. The van der Waals surface area contributed by atoms with Crippen molar-refractivity contribution < 1.29 is 9.53 Å². The quantitative estimate of drug-likeness (QED) is 0.818. The number of nitrogens with one attached hydrogen (secondary N) is 1. The standard InChI is InChI=1S/C17H26N2O2/c1-12-4-3-5-13(2)16(12)17(20)19-10-11-21-15-8-6-14(18)7-9-15/h3-5,14-15H,6-11,18H2,1-2H3,(H,19,20). The number of carbonyl (C=O) groups excluding carboxylic acids is 1. The lowest BCUT2D eigenvalue weighted by Crippen LogP contribution is -2.33. The minimum atomic E-state index is -0.0140. The lowest BCUT2D eigenvalue weighted by Gasteiger charge is -2.26. The van der Waals surface area contributed by atoms with E-state index < -0.39 is 0 Å². The molecule has 0 atom stereocenters. The second kappa shape index (κ2) is 7.57. The first-order chi connectivity index (χ1) is 10.1. The van der Waals surface area contributed by atoms with Gasteiger partial charge < -0.3 is 15.8 Å². The second-order valence-electron chi connectivity index (χ2n) is 5.93. The maximum atomic E-state index is 12.2. The largest absolute Gasteiger partial charge is 0.376 e. The topological polar surface area (TPSA) is 64.3 Å². The third-order valence-electron chi connectivity index (χ3n) is 4.17. The number of ether oxygens (including phenoxy) is 1. The Balaban J connectivity index is 1.72. The molecule has 0 aliphatic heterocycles. The van der Waals surface area contributed by atoms with Crippen LogP contribution in [-0.4, -0.2) is 31.2 Å². The normalized spacial score (nSPS) is 22.0. The maximum absolute atomic E-state index is 12.2. The summed E-state index contributed by atoms with van der Waals surface area (Å²) in [7, 11) is 0. The van der Waals surface area contributed by atoms with E-state index in [-0.39, 0.29) is 5.91 Å². The molecule has 0 heterocycles. The number of carbonyl (C=O) groups is 1. The summed E-state index contributed by atoms with van der Waals surface area (Å²) in [6.07, 6.45) is 4.46. The molecular formula is C17H26N2O2. The van der Waals surface area contributed by atoms with E-state index in [1.54, 1.807) is 0 Å². The molecule has 4 nitrogen and oxygen atoms in total. The molecule has 0 saturated heterocycles. The average molecular weight is 290 g/mol. The minimum Gasteiger partial charge on any atom is -0.376 e. The smallest absolute Gasteiger partial charge is 0.251 e. The van der Waals surface area contributed by atoms with E-state index >= 15 is 0 Å². The number of rotatable bonds is 5. The third kappa shape index (κ3) is 4.55. The van der Waals surface area contributed by atoms with Crippen LogP contribution >= 0.6 is 0 Å². The van der Waals surface area contributed by atoms with Gasteiger partial charge in [-0.3, -0.25) is 4.79 Å². The van der Waals surface area contributed by atoms with Crippen LogP contribution in [0.1, 0.15) is 47.2 Å². The number of aryl methyl sites for hydroxylation is 2. The fourth-order valence-corrected chi connectivity index (χ4v) is 2.91. The van der Waals surface area contributed by atoms with Crippen LogP contribution in [0.3, 0.4) is 0 Å². The van der Waals surface area contributed by atoms with E-state index in [9.17, 15) is 4.79 Å². The summed E-state index contributed by atoms with van der Waals surface area (Å²) < 4.78 is 5.81. The van der Waals surface area contributed by atoms with Crippen LogP contribution in [0.2, 0.25) is 0 Å². The Labute approximate surface area is 127 Å². The number of nitrogens with two attached hydrogens (primary N) is 1. The van der Waals surface area contributed by atoms with Gasteiger partial charge >= 0.3 is 0 Å². The van der Waals surface area contributed by atoms with Crippen molar-refractivity contribution in [2.24, 2.45) is 5.73 Å². The van der Waals surface area contributed by atoms with Gasteiger partial charge in [-0.15, -0.1) is 0 Å². The van der Waals surface area contributed by atoms with Crippen molar-refractivity contribution in [3.63, 3.8) is 0 Å². The molecule has 1 aromatic carbocycles. The first kappa shape index (κ1) is 16.0. The van der Waals surface area contributed by atoms with Gasteiger partial charge in [0.1, 0.15) is 0 Å². The lowest BCUT2D eigenvalue weighted by molar-refractivity contribution is 0.0267. The molecule has 0 aromatic heterocycles. The third-order valence-corrected chi connectivity index (χ3v) is 4.17. The highest BCUT2D eigenvalue weighted by Crippen LogP contribution is 2.19. The summed E-state index contributed by atoms with van der Waals surface area (Å²) in [4.78, 5) is 12.2. The summed E-state index contributed by atoms with van der Waals surface area (Å²) in [5, 5.41) is 2.94. The molecule has 3 N–H and O–H groups in total. The van der Waals surface area contributed by atoms with Gasteiger partial charge in [0, 0.05) is 18.2 Å². The van der Waals surface area contributed by atoms with Crippen LogP contribution in [-0.2, 0) is 4.74 Å². The molecule has 0 unspecified atom stereocenters. The monoisotopic (exact) mass is 290 g/mol. The van der Waals surface area contributed by atoms with E-state index in [2.05, 4.69) is 5.32 Å². The summed E-state index contributed by atoms with van der Waals surface area (Å²) >= 11 is 0. The predicted octanol–water partition coefficient (Wildman–Crippen LogP) is 2.32. The van der Waals surface area contributed by atoms with Crippen LogP contribution in [0.5, 0.6) is 0 Å². The van der Waals surface area contributed by atoms with Crippen molar-refractivity contribution in [3.8, 4) is 0 Å². The van der Waals surface area contributed by atoms with E-state index in [1.165, 1.54) is 0 Å². The van der Waals surface area contributed by atoms with Crippen LogP contribution in [0, 0.1) is 13.8 Å². The first-order valence-corrected chi connectivity index (χ1v) is 7.79. The molecule has 2 rings (SSSR count). The van der Waals surface area contributed by atoms with Gasteiger partial charge in [0.2, 0.25) is 0 Å². The highest BCUT2D eigenvalue weighted by atomic mass is 16.5. The predicted molar refractivity (Wildman–Crippen MR) is 84.4 cm³/mol. The van der Waals surface area contributed by atoms with Gasteiger partial charge in [-0.1, -0.05) is 18.2 Å². The van der Waals surface area contributed by atoms with E-state index in [4.69, 9.17) is 10.5 Å². The molecule has 1 aliphatic carbocycles. The van der Waals surface area contributed by atoms with Crippen LogP contribution in [0.25, 0.3) is 0 Å². The van der Waals surface area contributed by atoms with Crippen LogP contribution in [0.15, 0.2) is 18.2 Å². The van der Waals surface area contributed by atoms with Crippen molar-refractivity contribution in [2.45, 2.75) is 51.7 Å². The summed E-state index contributed by atoms with van der Waals surface area (Å²) in [5.41, 5.74) is 8.67. The number of hydrogen-bond acceptors (Lipinski definition) is 3. The molecule has 4 heteroatoms. The van der Waals surface area contributed by atoms with Gasteiger partial charge in [-0.05, 0) is 50.7 Å². The van der Waals surface area contributed by atoms with Gasteiger partial charge in [-0.25, -0.2) is 0 Å². The highest BCUT2D eigenvalue weighted by molar-refractivity contribution is 5.97. The van der Waals surface area contributed by atoms with Crippen LogP contribution in [0.4, 0.5) is 0 Å². The summed E-state index contributed by atoms with van der Waals surface area (Å²) in [6, 6.07) is 6.24. The van der Waals surface area contributed by atoms with Crippen molar-refractivity contribution in [3.05, 3.63) is 34.9 Å². The van der Waals surface area contributed by atoms with Gasteiger partial charge in [-0.2, -0.15) is 0 Å². The van der Waals surface area contributed by atoms with E-state index in [1.807, 2.05) is 32.0 Å². The minimum absolute atomic E-state index is 0.0140. The average Bonchev–Trinajstić information content (AvgIpc) is 2.45. The number of benzene rings is 1. The zero-order valence-electron chi connectivity index (χ0n) is 13.0. The van der Waals surface area contributed by atoms with Crippen molar-refractivity contribution in [1.82, 2.24) is 5.32 Å². The number of hydrogen-bond donors (Lipinski definition) is 2. The fraction of sp³-hybridized carbons (Fsp3) is 0.588. The molecule has 1 saturated carbocycles. The molecule has 1 amide bonds. The Hall–Kier alpha value is -1.39. The Kier molecular flexibility index (Phi) is 5.76. The van der Waals surface area contributed by atoms with Crippen molar-refractivity contribution in [2.75, 3.05) is 13.2 Å². The molecule has 1 aliphatic rings. The molecule has 0 bridgehead atoms. The van der Waals surface area contributed by atoms with E-state index in [0.717, 1.165) is 42.4 Å². The summed E-state index contributed by atoms with van der Waals surface area (Å²) in [6.45, 7) is 5.04. The second-order valence-corrected chi connectivity index (χ2v) is 5.93. The van der Waals surface area contributed by atoms with Gasteiger partial charge in [0.05, 0.1) is 12.7 Å². The molecule has 21 heavy (non-hydrogen) atoms. The molecule has 0 spiro atoms. The lowest BCUT2D eigenvalue weighted by atomic mass is 9.94. The first-order valence-electron chi connectivity index (χ1n) is 7.79. The number of amides is 1. The Morgan fingerprint density at radius 2 is 1.86 bits per heavy atom. The summed E-state index contributed by atoms with van der Waals surface area (Å²) in [5.74, 6) is -0.0140.